The van der Waals surface area contributed by atoms with Crippen molar-refractivity contribution in [2.75, 3.05) is 20.1 Å². The largest absolute Gasteiger partial charge is 0.516 e. The van der Waals surface area contributed by atoms with Crippen LogP contribution in [0.5, 0.6) is 5.75 Å². The SMILES string of the molecule is CC(C)(C)OC(=O)[N+]1(C)CCC(Oc2cccc3cccnc23)C1. The van der Waals surface area contributed by atoms with Crippen molar-refractivity contribution in [3.05, 3.63) is 36.5 Å². The Morgan fingerprint density at radius 1 is 1.25 bits per heavy atom. The monoisotopic (exact) mass is 329 g/mol. The smallest absolute Gasteiger partial charge is 0.482 e. The summed E-state index contributed by atoms with van der Waals surface area (Å²) in [7, 11) is 1.92. The van der Waals surface area contributed by atoms with Gasteiger partial charge in [-0.25, -0.2) is 4.48 Å². The number of para-hydroxylation sites is 1. The van der Waals surface area contributed by atoms with Crippen LogP contribution in [0.3, 0.4) is 0 Å². The number of ether oxygens (including phenoxy) is 2. The molecule has 0 N–H and O–H groups in total. The van der Waals surface area contributed by atoms with Gasteiger partial charge in [0.25, 0.3) is 0 Å². The van der Waals surface area contributed by atoms with Gasteiger partial charge in [0, 0.05) is 18.0 Å². The lowest BCUT2D eigenvalue weighted by atomic mass is 10.2. The van der Waals surface area contributed by atoms with Gasteiger partial charge < -0.3 is 9.47 Å². The van der Waals surface area contributed by atoms with Crippen LogP contribution >= 0.6 is 0 Å². The molecule has 0 saturated carbocycles. The maximum absolute atomic E-state index is 12.5. The number of amides is 1. The molecule has 1 aliphatic heterocycles. The summed E-state index contributed by atoms with van der Waals surface area (Å²) in [4.78, 5) is 16.9. The second-order valence-electron chi connectivity index (χ2n) is 7.64. The van der Waals surface area contributed by atoms with E-state index in [4.69, 9.17) is 9.47 Å². The topological polar surface area (TPSA) is 48.4 Å². The number of likely N-dealkylation sites (N-methyl/N-ethyl adjacent to an activating group) is 1. The summed E-state index contributed by atoms with van der Waals surface area (Å²) in [6.45, 7) is 7.00. The molecule has 0 bridgehead atoms. The molecule has 2 unspecified atom stereocenters. The number of aromatic nitrogens is 1. The highest BCUT2D eigenvalue weighted by Gasteiger charge is 2.45. The van der Waals surface area contributed by atoms with Crippen LogP contribution < -0.4 is 4.74 Å². The number of hydrogen-bond acceptors (Lipinski definition) is 4. The summed E-state index contributed by atoms with van der Waals surface area (Å²) in [5, 5.41) is 1.05. The predicted octanol–water partition coefficient (Wildman–Crippen LogP) is 3.77. The zero-order valence-electron chi connectivity index (χ0n) is 14.8. The van der Waals surface area contributed by atoms with E-state index in [9.17, 15) is 4.79 Å². The molecule has 2 aromatic rings. The molecule has 128 valence electrons. The van der Waals surface area contributed by atoms with Crippen molar-refractivity contribution in [3.63, 3.8) is 0 Å². The molecule has 1 aromatic carbocycles. The van der Waals surface area contributed by atoms with Crippen molar-refractivity contribution >= 4 is 17.0 Å². The third-order valence-corrected chi connectivity index (χ3v) is 4.27. The number of carbonyl (C=O) groups is 1. The van der Waals surface area contributed by atoms with E-state index < -0.39 is 5.60 Å². The zero-order valence-corrected chi connectivity index (χ0v) is 14.8. The van der Waals surface area contributed by atoms with Crippen molar-refractivity contribution < 1.29 is 18.8 Å². The Morgan fingerprint density at radius 2 is 2.00 bits per heavy atom. The van der Waals surface area contributed by atoms with Crippen LogP contribution in [0.4, 0.5) is 4.79 Å². The molecule has 1 fully saturated rings. The first-order valence-corrected chi connectivity index (χ1v) is 8.35. The van der Waals surface area contributed by atoms with Gasteiger partial charge in [-0.05, 0) is 32.9 Å². The Labute approximate surface area is 142 Å². The molecule has 5 heteroatoms. The van der Waals surface area contributed by atoms with E-state index in [1.165, 1.54) is 0 Å². The second-order valence-corrected chi connectivity index (χ2v) is 7.64. The maximum atomic E-state index is 12.5. The predicted molar refractivity (Wildman–Crippen MR) is 92.9 cm³/mol. The summed E-state index contributed by atoms with van der Waals surface area (Å²) >= 11 is 0. The lowest BCUT2D eigenvalue weighted by Crippen LogP contribution is -2.50. The molecule has 1 aliphatic rings. The van der Waals surface area contributed by atoms with Crippen LogP contribution in [-0.4, -0.2) is 47.4 Å². The van der Waals surface area contributed by atoms with Gasteiger partial charge in [0.05, 0.1) is 13.6 Å². The van der Waals surface area contributed by atoms with Gasteiger partial charge in [0.15, 0.2) is 6.10 Å². The van der Waals surface area contributed by atoms with Crippen LogP contribution in [0.1, 0.15) is 27.2 Å². The average molecular weight is 329 g/mol. The number of likely N-dealkylation sites (tertiary alicyclic amines) is 1. The van der Waals surface area contributed by atoms with Crippen molar-refractivity contribution in [1.82, 2.24) is 4.98 Å². The molecule has 0 spiro atoms. The van der Waals surface area contributed by atoms with Crippen molar-refractivity contribution in [3.8, 4) is 5.75 Å². The van der Waals surface area contributed by atoms with E-state index in [1.807, 2.05) is 58.2 Å². The van der Waals surface area contributed by atoms with Gasteiger partial charge in [-0.1, -0.05) is 18.2 Å². The van der Waals surface area contributed by atoms with E-state index >= 15 is 0 Å². The van der Waals surface area contributed by atoms with E-state index in [0.29, 0.717) is 6.54 Å². The maximum Gasteiger partial charge on any atom is 0.516 e. The molecule has 3 rings (SSSR count). The van der Waals surface area contributed by atoms with Gasteiger partial charge in [-0.3, -0.25) is 4.98 Å². The Kier molecular flexibility index (Phi) is 4.22. The second kappa shape index (κ2) is 6.06. The normalized spacial score (nSPS) is 24.1. The quantitative estimate of drug-likeness (QED) is 0.787. The number of rotatable bonds is 2. The first-order valence-electron chi connectivity index (χ1n) is 8.35. The van der Waals surface area contributed by atoms with Gasteiger partial charge in [-0.15, -0.1) is 0 Å². The molecule has 2 heterocycles. The minimum absolute atomic E-state index is 0.0184. The molecule has 2 atom stereocenters. The Bertz CT molecular complexity index is 748. The Hall–Kier alpha value is -2.14. The van der Waals surface area contributed by atoms with Crippen molar-refractivity contribution in [2.24, 2.45) is 0 Å². The standard InChI is InChI=1S/C19H25N2O3/c1-19(2,3)24-18(22)21(4)12-10-15(13-21)23-16-9-5-7-14-8-6-11-20-17(14)16/h5-9,11,15H,10,12-13H2,1-4H3/q+1. The highest BCUT2D eigenvalue weighted by Crippen LogP contribution is 2.28. The van der Waals surface area contributed by atoms with Crippen molar-refractivity contribution in [1.29, 1.82) is 0 Å². The van der Waals surface area contributed by atoms with Crippen molar-refractivity contribution in [2.45, 2.75) is 38.9 Å². The van der Waals surface area contributed by atoms with E-state index in [1.54, 1.807) is 6.20 Å². The summed E-state index contributed by atoms with van der Waals surface area (Å²) in [6, 6.07) is 9.86. The lowest BCUT2D eigenvalue weighted by Gasteiger charge is -2.29. The van der Waals surface area contributed by atoms with Crippen LogP contribution in [-0.2, 0) is 4.74 Å². The third-order valence-electron chi connectivity index (χ3n) is 4.27. The molecule has 1 amide bonds. The van der Waals surface area contributed by atoms with Crippen LogP contribution in [0.25, 0.3) is 10.9 Å². The summed E-state index contributed by atoms with van der Waals surface area (Å²) in [5.41, 5.74) is 0.384. The highest BCUT2D eigenvalue weighted by molar-refractivity contribution is 5.84. The van der Waals surface area contributed by atoms with Crippen LogP contribution in [0.2, 0.25) is 0 Å². The summed E-state index contributed by atoms with van der Waals surface area (Å²) < 4.78 is 12.0. The number of carbonyl (C=O) groups excluding carboxylic acids is 1. The molecule has 5 nitrogen and oxygen atoms in total. The average Bonchev–Trinajstić information content (AvgIpc) is 2.89. The molecular weight excluding hydrogens is 304 g/mol. The number of quaternary nitrogens is 1. The lowest BCUT2D eigenvalue weighted by molar-refractivity contribution is -0.827. The summed E-state index contributed by atoms with van der Waals surface area (Å²) in [5.74, 6) is 0.774. The van der Waals surface area contributed by atoms with Gasteiger partial charge >= 0.3 is 6.09 Å². The fourth-order valence-corrected chi connectivity index (χ4v) is 3.05. The highest BCUT2D eigenvalue weighted by atomic mass is 16.6. The van der Waals surface area contributed by atoms with Crippen LogP contribution in [0.15, 0.2) is 36.5 Å². The number of benzene rings is 1. The first kappa shape index (κ1) is 16.7. The van der Waals surface area contributed by atoms with Crippen LogP contribution in [0, 0.1) is 0 Å². The Balaban J connectivity index is 1.73. The fourth-order valence-electron chi connectivity index (χ4n) is 3.05. The zero-order chi connectivity index (χ0) is 17.4. The van der Waals surface area contributed by atoms with E-state index in [2.05, 4.69) is 4.98 Å². The van der Waals surface area contributed by atoms with Gasteiger partial charge in [-0.2, -0.15) is 4.79 Å². The number of nitrogens with zero attached hydrogens (tertiary/aromatic N) is 2. The van der Waals surface area contributed by atoms with E-state index in [0.717, 1.165) is 29.6 Å². The van der Waals surface area contributed by atoms with E-state index in [-0.39, 0.29) is 16.7 Å². The number of pyridine rings is 1. The minimum atomic E-state index is -0.475. The third kappa shape index (κ3) is 3.51. The van der Waals surface area contributed by atoms with Gasteiger partial charge in [0.2, 0.25) is 0 Å². The Morgan fingerprint density at radius 3 is 2.75 bits per heavy atom. The molecular formula is C19H25N2O3+. The fraction of sp³-hybridized carbons (Fsp3) is 0.474. The molecule has 0 radical (unpaired) electrons. The number of hydrogen-bond donors (Lipinski definition) is 0. The number of fused-ring (bicyclic) bond motifs is 1. The minimum Gasteiger partial charge on any atom is -0.482 e. The summed E-state index contributed by atoms with van der Waals surface area (Å²) in [6.07, 6.45) is 2.38. The molecule has 24 heavy (non-hydrogen) atoms. The van der Waals surface area contributed by atoms with Gasteiger partial charge in [0.1, 0.15) is 23.4 Å². The molecule has 0 aliphatic carbocycles. The molecule has 1 saturated heterocycles. The molecule has 1 aromatic heterocycles. The first-order chi connectivity index (χ1) is 11.3.